The van der Waals surface area contributed by atoms with E-state index in [4.69, 9.17) is 25.8 Å². The van der Waals surface area contributed by atoms with Gasteiger partial charge in [-0.15, -0.1) is 0 Å². The summed E-state index contributed by atoms with van der Waals surface area (Å²) in [5, 5.41) is 8.78. The first-order valence-electron chi connectivity index (χ1n) is 11.0. The number of nitrogens with zero attached hydrogens (tertiary/aromatic N) is 6. The monoisotopic (exact) mass is 432 g/mol. The number of rotatable bonds is 4. The van der Waals surface area contributed by atoms with E-state index in [1.165, 1.54) is 0 Å². The van der Waals surface area contributed by atoms with Crippen molar-refractivity contribution in [3.8, 4) is 17.4 Å². The standard InChI is InChI=1S/C23H28N8O/c1-4-31-21-16(8-5-9-26-21)27-23(31)22-28-17-11-14(12-18(32-3)19(17)29(22)2)20(25)30-10-6-7-15(24)13-30/h5,8-9,11-12,15,25H,4,6-7,10,13,24H2,1-3H3/t15-/m1/s1. The molecule has 4 heterocycles. The Kier molecular flexibility index (Phi) is 5.05. The number of fused-ring (bicyclic) bond motifs is 2. The average Bonchev–Trinajstić information content (AvgIpc) is 3.35. The van der Waals surface area contributed by atoms with Crippen LogP contribution in [0.2, 0.25) is 0 Å². The van der Waals surface area contributed by atoms with Crippen LogP contribution in [-0.4, -0.2) is 61.1 Å². The second-order valence-corrected chi connectivity index (χ2v) is 8.26. The largest absolute Gasteiger partial charge is 0.494 e. The predicted octanol–water partition coefficient (Wildman–Crippen LogP) is 2.76. The molecule has 0 saturated carbocycles. The van der Waals surface area contributed by atoms with Crippen LogP contribution in [0, 0.1) is 5.41 Å². The van der Waals surface area contributed by atoms with Crippen LogP contribution in [0.5, 0.6) is 5.75 Å². The molecule has 166 valence electrons. The summed E-state index contributed by atoms with van der Waals surface area (Å²) in [6.45, 7) is 4.34. The lowest BCUT2D eigenvalue weighted by Crippen LogP contribution is -2.45. The van der Waals surface area contributed by atoms with Crippen molar-refractivity contribution >= 4 is 28.0 Å². The third-order valence-electron chi connectivity index (χ3n) is 6.22. The van der Waals surface area contributed by atoms with E-state index < -0.39 is 0 Å². The van der Waals surface area contributed by atoms with Gasteiger partial charge < -0.3 is 24.5 Å². The normalized spacial score (nSPS) is 16.8. The minimum Gasteiger partial charge on any atom is -0.494 e. The average molecular weight is 433 g/mol. The van der Waals surface area contributed by atoms with Crippen molar-refractivity contribution in [2.24, 2.45) is 12.8 Å². The van der Waals surface area contributed by atoms with Crippen LogP contribution in [0.15, 0.2) is 30.5 Å². The van der Waals surface area contributed by atoms with Gasteiger partial charge in [0, 0.05) is 44.5 Å². The second-order valence-electron chi connectivity index (χ2n) is 8.26. The topological polar surface area (TPSA) is 111 Å². The van der Waals surface area contributed by atoms with Gasteiger partial charge >= 0.3 is 0 Å². The first-order chi connectivity index (χ1) is 15.5. The number of piperidine rings is 1. The first-order valence-corrected chi connectivity index (χ1v) is 11.0. The highest BCUT2D eigenvalue weighted by molar-refractivity contribution is 6.01. The van der Waals surface area contributed by atoms with Gasteiger partial charge in [0.2, 0.25) is 0 Å². The van der Waals surface area contributed by atoms with Crippen LogP contribution >= 0.6 is 0 Å². The number of nitrogens with one attached hydrogen (secondary N) is 1. The van der Waals surface area contributed by atoms with Crippen molar-refractivity contribution in [3.63, 3.8) is 0 Å². The lowest BCUT2D eigenvalue weighted by atomic mass is 10.0. The van der Waals surface area contributed by atoms with Crippen LogP contribution in [0.4, 0.5) is 0 Å². The molecule has 5 rings (SSSR count). The summed E-state index contributed by atoms with van der Waals surface area (Å²) in [4.78, 5) is 16.3. The van der Waals surface area contributed by atoms with Gasteiger partial charge in [0.05, 0.1) is 12.6 Å². The van der Waals surface area contributed by atoms with E-state index in [0.717, 1.165) is 65.3 Å². The number of likely N-dealkylation sites (tertiary alicyclic amines) is 1. The lowest BCUT2D eigenvalue weighted by Gasteiger charge is -2.32. The van der Waals surface area contributed by atoms with Crippen molar-refractivity contribution in [3.05, 3.63) is 36.0 Å². The molecule has 1 saturated heterocycles. The van der Waals surface area contributed by atoms with E-state index in [-0.39, 0.29) is 6.04 Å². The van der Waals surface area contributed by atoms with Crippen molar-refractivity contribution in [2.75, 3.05) is 20.2 Å². The van der Waals surface area contributed by atoms with E-state index in [9.17, 15) is 0 Å². The van der Waals surface area contributed by atoms with Gasteiger partial charge in [-0.1, -0.05) is 0 Å². The Balaban J connectivity index is 1.64. The summed E-state index contributed by atoms with van der Waals surface area (Å²) in [5.41, 5.74) is 10.2. The maximum Gasteiger partial charge on any atom is 0.178 e. The first kappa shape index (κ1) is 20.4. The third-order valence-corrected chi connectivity index (χ3v) is 6.22. The molecule has 32 heavy (non-hydrogen) atoms. The van der Waals surface area contributed by atoms with Crippen LogP contribution in [0.1, 0.15) is 25.3 Å². The van der Waals surface area contributed by atoms with Gasteiger partial charge in [-0.2, -0.15) is 0 Å². The molecular weight excluding hydrogens is 404 g/mol. The Morgan fingerprint density at radius 1 is 1.25 bits per heavy atom. The SMILES string of the molecule is CCn1c(-c2nc3cc(C(=N)N4CCC[C@@H](N)C4)cc(OC)c3n2C)nc2cccnc21. The number of nitrogens with two attached hydrogens (primary N) is 1. The fraction of sp³-hybridized carbons (Fsp3) is 0.391. The number of hydrogen-bond acceptors (Lipinski definition) is 6. The summed E-state index contributed by atoms with van der Waals surface area (Å²) in [6.07, 6.45) is 3.78. The van der Waals surface area contributed by atoms with Crippen molar-refractivity contribution in [1.82, 2.24) is 29.0 Å². The number of aryl methyl sites for hydroxylation is 2. The highest BCUT2D eigenvalue weighted by Gasteiger charge is 2.24. The molecule has 1 aliphatic rings. The Bertz CT molecular complexity index is 1320. The van der Waals surface area contributed by atoms with Gasteiger partial charge in [0.1, 0.15) is 22.6 Å². The molecule has 1 fully saturated rings. The number of hydrogen-bond donors (Lipinski definition) is 2. The minimum atomic E-state index is 0.104. The summed E-state index contributed by atoms with van der Waals surface area (Å²) < 4.78 is 9.81. The Morgan fingerprint density at radius 3 is 2.81 bits per heavy atom. The molecule has 0 unspecified atom stereocenters. The molecule has 0 radical (unpaired) electrons. The van der Waals surface area contributed by atoms with Crippen LogP contribution in [-0.2, 0) is 13.6 Å². The molecule has 0 bridgehead atoms. The highest BCUT2D eigenvalue weighted by Crippen LogP contribution is 2.33. The van der Waals surface area contributed by atoms with Crippen molar-refractivity contribution < 1.29 is 4.74 Å². The van der Waals surface area contributed by atoms with Crippen LogP contribution in [0.25, 0.3) is 33.8 Å². The number of amidine groups is 1. The fourth-order valence-corrected chi connectivity index (χ4v) is 4.63. The third kappa shape index (κ3) is 3.20. The maximum atomic E-state index is 8.78. The number of pyridine rings is 1. The molecule has 4 aromatic rings. The zero-order valence-corrected chi connectivity index (χ0v) is 18.7. The summed E-state index contributed by atoms with van der Waals surface area (Å²) in [5.74, 6) is 2.64. The van der Waals surface area contributed by atoms with Gasteiger partial charge in [-0.3, -0.25) is 5.41 Å². The number of aromatic nitrogens is 5. The Morgan fingerprint density at radius 2 is 2.06 bits per heavy atom. The molecule has 1 aliphatic heterocycles. The molecule has 9 heteroatoms. The number of imidazole rings is 2. The molecule has 3 aromatic heterocycles. The van der Waals surface area contributed by atoms with E-state index >= 15 is 0 Å². The number of methoxy groups -OCH3 is 1. The van der Waals surface area contributed by atoms with E-state index in [1.54, 1.807) is 13.3 Å². The number of benzene rings is 1. The fourth-order valence-electron chi connectivity index (χ4n) is 4.63. The van der Waals surface area contributed by atoms with Gasteiger partial charge in [0.15, 0.2) is 17.3 Å². The molecule has 0 amide bonds. The van der Waals surface area contributed by atoms with Gasteiger partial charge in [-0.25, -0.2) is 15.0 Å². The zero-order valence-electron chi connectivity index (χ0n) is 18.7. The second kappa shape index (κ2) is 7.90. The Labute approximate surface area is 186 Å². The number of ether oxygens (including phenoxy) is 1. The quantitative estimate of drug-likeness (QED) is 0.379. The predicted molar refractivity (Wildman–Crippen MR) is 125 cm³/mol. The minimum absolute atomic E-state index is 0.104. The maximum absolute atomic E-state index is 8.78. The van der Waals surface area contributed by atoms with Gasteiger partial charge in [-0.05, 0) is 44.0 Å². The van der Waals surface area contributed by atoms with Crippen molar-refractivity contribution in [1.29, 1.82) is 5.41 Å². The van der Waals surface area contributed by atoms with Crippen LogP contribution < -0.4 is 10.5 Å². The van der Waals surface area contributed by atoms with Crippen molar-refractivity contribution in [2.45, 2.75) is 32.4 Å². The molecule has 1 aromatic carbocycles. The van der Waals surface area contributed by atoms with E-state index in [1.807, 2.05) is 40.8 Å². The molecule has 9 nitrogen and oxygen atoms in total. The van der Waals surface area contributed by atoms with E-state index in [2.05, 4.69) is 16.5 Å². The highest BCUT2D eigenvalue weighted by atomic mass is 16.5. The molecule has 1 atom stereocenters. The smallest absolute Gasteiger partial charge is 0.178 e. The zero-order chi connectivity index (χ0) is 22.4. The van der Waals surface area contributed by atoms with E-state index in [0.29, 0.717) is 18.1 Å². The molecule has 0 spiro atoms. The van der Waals surface area contributed by atoms with Crippen LogP contribution in [0.3, 0.4) is 0 Å². The van der Waals surface area contributed by atoms with Gasteiger partial charge in [0.25, 0.3) is 0 Å². The molecule has 3 N–H and O–H groups in total. The Hall–Kier alpha value is -3.46. The summed E-state index contributed by atoms with van der Waals surface area (Å²) >= 11 is 0. The lowest BCUT2D eigenvalue weighted by molar-refractivity contribution is 0.308. The summed E-state index contributed by atoms with van der Waals surface area (Å²) in [7, 11) is 3.62. The molecule has 0 aliphatic carbocycles. The summed E-state index contributed by atoms with van der Waals surface area (Å²) in [6, 6.07) is 7.83. The molecular formula is C23H28N8O.